The van der Waals surface area contributed by atoms with Crippen molar-refractivity contribution in [3.63, 3.8) is 0 Å². The summed E-state index contributed by atoms with van der Waals surface area (Å²) in [6.45, 7) is 0. The van der Waals surface area contributed by atoms with Gasteiger partial charge in [0.15, 0.2) is 5.78 Å². The Morgan fingerprint density at radius 3 is 2.50 bits per heavy atom. The van der Waals surface area contributed by atoms with E-state index in [1.54, 1.807) is 18.2 Å². The highest BCUT2D eigenvalue weighted by atomic mass is 16.4. The fourth-order valence-electron chi connectivity index (χ4n) is 2.07. The maximum Gasteiger partial charge on any atom is 0.303 e. The first-order chi connectivity index (χ1) is 10.5. The minimum absolute atomic E-state index is 0.0384. The number of phenols is 1. The predicted octanol–water partition coefficient (Wildman–Crippen LogP) is 2.51. The number of carbonyl (C=O) groups is 2. The molecule has 0 aromatic heterocycles. The quantitative estimate of drug-likeness (QED) is 0.826. The molecule has 0 aliphatic carbocycles. The third kappa shape index (κ3) is 3.49. The molecule has 2 aromatic rings. The highest BCUT2D eigenvalue weighted by Gasteiger charge is 2.13. The number of nitrogens with zero attached hydrogens (tertiary/aromatic N) is 1. The molecule has 5 nitrogen and oxygen atoms in total. The van der Waals surface area contributed by atoms with Crippen LogP contribution in [-0.4, -0.2) is 22.0 Å². The summed E-state index contributed by atoms with van der Waals surface area (Å²) < 4.78 is 0. The van der Waals surface area contributed by atoms with Crippen molar-refractivity contribution in [2.45, 2.75) is 12.8 Å². The molecule has 0 aliphatic rings. The molecule has 0 radical (unpaired) electrons. The normalized spacial score (nSPS) is 9.95. The van der Waals surface area contributed by atoms with Crippen LogP contribution in [0.5, 0.6) is 5.75 Å². The number of aromatic hydroxyl groups is 1. The fraction of sp³-hybridized carbons (Fsp3) is 0.118. The van der Waals surface area contributed by atoms with E-state index < -0.39 is 5.97 Å². The minimum Gasteiger partial charge on any atom is -0.508 e. The van der Waals surface area contributed by atoms with E-state index in [-0.39, 0.29) is 24.4 Å². The molecule has 2 rings (SSSR count). The molecule has 2 aromatic carbocycles. The second kappa shape index (κ2) is 6.55. The van der Waals surface area contributed by atoms with Gasteiger partial charge in [0.2, 0.25) is 0 Å². The predicted molar refractivity (Wildman–Crippen MR) is 78.7 cm³/mol. The van der Waals surface area contributed by atoms with Crippen molar-refractivity contribution >= 4 is 11.8 Å². The SMILES string of the molecule is N#Cc1cccc(C(=O)c2ccc(O)c(CCC(=O)O)c2)c1. The summed E-state index contributed by atoms with van der Waals surface area (Å²) in [5.41, 5.74) is 1.50. The number of benzene rings is 2. The maximum atomic E-state index is 12.4. The first-order valence-electron chi connectivity index (χ1n) is 6.60. The van der Waals surface area contributed by atoms with Crippen molar-refractivity contribution in [2.75, 3.05) is 0 Å². The molecular weight excluding hydrogens is 282 g/mol. The number of aliphatic carboxylic acids is 1. The molecule has 110 valence electrons. The van der Waals surface area contributed by atoms with Crippen LogP contribution in [0.3, 0.4) is 0 Å². The van der Waals surface area contributed by atoms with Crippen LogP contribution in [0.15, 0.2) is 42.5 Å². The van der Waals surface area contributed by atoms with Crippen LogP contribution in [0.25, 0.3) is 0 Å². The molecule has 0 bridgehead atoms. The Bertz CT molecular complexity index is 774. The van der Waals surface area contributed by atoms with E-state index >= 15 is 0 Å². The second-order valence-corrected chi connectivity index (χ2v) is 4.76. The van der Waals surface area contributed by atoms with Crippen LogP contribution < -0.4 is 0 Å². The molecule has 5 heteroatoms. The van der Waals surface area contributed by atoms with Gasteiger partial charge < -0.3 is 10.2 Å². The Hall–Kier alpha value is -3.13. The van der Waals surface area contributed by atoms with E-state index in [4.69, 9.17) is 10.4 Å². The van der Waals surface area contributed by atoms with Gasteiger partial charge in [-0.1, -0.05) is 12.1 Å². The van der Waals surface area contributed by atoms with Crippen LogP contribution in [0.1, 0.15) is 33.5 Å². The Morgan fingerprint density at radius 1 is 1.09 bits per heavy atom. The molecule has 0 saturated heterocycles. The van der Waals surface area contributed by atoms with Crippen molar-refractivity contribution < 1.29 is 19.8 Å². The number of ketones is 1. The van der Waals surface area contributed by atoms with Gasteiger partial charge in [-0.05, 0) is 42.3 Å². The lowest BCUT2D eigenvalue weighted by Crippen LogP contribution is -2.04. The van der Waals surface area contributed by atoms with Crippen molar-refractivity contribution in [1.82, 2.24) is 0 Å². The lowest BCUT2D eigenvalue weighted by Gasteiger charge is -2.07. The Morgan fingerprint density at radius 2 is 1.82 bits per heavy atom. The number of carboxylic acid groups (broad SMARTS) is 1. The second-order valence-electron chi connectivity index (χ2n) is 4.76. The minimum atomic E-state index is -0.974. The average Bonchev–Trinajstić information content (AvgIpc) is 2.53. The van der Waals surface area contributed by atoms with Crippen molar-refractivity contribution in [3.8, 4) is 11.8 Å². The lowest BCUT2D eigenvalue weighted by molar-refractivity contribution is -0.136. The van der Waals surface area contributed by atoms with Gasteiger partial charge in [0.1, 0.15) is 5.75 Å². The molecule has 2 N–H and O–H groups in total. The fourth-order valence-corrected chi connectivity index (χ4v) is 2.07. The Kier molecular flexibility index (Phi) is 4.54. The first kappa shape index (κ1) is 15.3. The topological polar surface area (TPSA) is 98.4 Å². The highest BCUT2D eigenvalue weighted by Crippen LogP contribution is 2.22. The maximum absolute atomic E-state index is 12.4. The average molecular weight is 295 g/mol. The Balaban J connectivity index is 2.31. The van der Waals surface area contributed by atoms with E-state index in [2.05, 4.69) is 0 Å². The summed E-state index contributed by atoms with van der Waals surface area (Å²) >= 11 is 0. The zero-order valence-corrected chi connectivity index (χ0v) is 11.6. The number of carboxylic acids is 1. The highest BCUT2D eigenvalue weighted by molar-refractivity contribution is 6.09. The monoisotopic (exact) mass is 295 g/mol. The number of phenolic OH excluding ortho intramolecular Hbond substituents is 1. The van der Waals surface area contributed by atoms with Gasteiger partial charge in [-0.2, -0.15) is 5.26 Å². The van der Waals surface area contributed by atoms with Gasteiger partial charge >= 0.3 is 5.97 Å². The van der Waals surface area contributed by atoms with E-state index in [1.807, 2.05) is 6.07 Å². The molecule has 0 heterocycles. The van der Waals surface area contributed by atoms with E-state index in [0.29, 0.717) is 22.3 Å². The summed E-state index contributed by atoms with van der Waals surface area (Å²) in [5, 5.41) is 27.3. The van der Waals surface area contributed by atoms with Crippen LogP contribution in [0.2, 0.25) is 0 Å². The molecule has 0 fully saturated rings. The van der Waals surface area contributed by atoms with Crippen LogP contribution in [0, 0.1) is 11.3 Å². The zero-order chi connectivity index (χ0) is 16.1. The lowest BCUT2D eigenvalue weighted by atomic mass is 9.98. The van der Waals surface area contributed by atoms with Gasteiger partial charge in [0.05, 0.1) is 11.6 Å². The first-order valence-corrected chi connectivity index (χ1v) is 6.60. The van der Waals surface area contributed by atoms with Crippen molar-refractivity contribution in [1.29, 1.82) is 5.26 Å². The van der Waals surface area contributed by atoms with Gasteiger partial charge in [-0.25, -0.2) is 0 Å². The Labute approximate surface area is 127 Å². The van der Waals surface area contributed by atoms with Crippen molar-refractivity contribution in [3.05, 3.63) is 64.7 Å². The van der Waals surface area contributed by atoms with E-state index in [0.717, 1.165) is 0 Å². The molecule has 0 amide bonds. The van der Waals surface area contributed by atoms with Gasteiger partial charge in [0.25, 0.3) is 0 Å². The number of carbonyl (C=O) groups excluding carboxylic acids is 1. The number of hydrogen-bond donors (Lipinski definition) is 2. The molecule has 0 unspecified atom stereocenters. The number of nitriles is 1. The standard InChI is InChI=1S/C17H13NO4/c18-10-11-2-1-3-13(8-11)17(22)14-4-6-15(19)12(9-14)5-7-16(20)21/h1-4,6,8-9,19H,5,7H2,(H,20,21). The molecule has 0 saturated carbocycles. The van der Waals surface area contributed by atoms with Crippen molar-refractivity contribution in [2.24, 2.45) is 0 Å². The molecule has 0 aliphatic heterocycles. The summed E-state index contributed by atoms with van der Waals surface area (Å²) in [5.74, 6) is -1.30. The van der Waals surface area contributed by atoms with Gasteiger partial charge in [-0.15, -0.1) is 0 Å². The zero-order valence-electron chi connectivity index (χ0n) is 11.6. The summed E-state index contributed by atoms with van der Waals surface area (Å²) in [6.07, 6.45) is 0.00957. The number of hydrogen-bond acceptors (Lipinski definition) is 4. The summed E-state index contributed by atoms with van der Waals surface area (Å²) in [7, 11) is 0. The molecule has 0 spiro atoms. The number of aryl methyl sites for hydroxylation is 1. The van der Waals surface area contributed by atoms with Crippen LogP contribution >= 0.6 is 0 Å². The summed E-state index contributed by atoms with van der Waals surface area (Å²) in [4.78, 5) is 23.0. The van der Waals surface area contributed by atoms with Gasteiger partial charge in [0, 0.05) is 17.5 Å². The van der Waals surface area contributed by atoms with E-state index in [1.165, 1.54) is 24.3 Å². The summed E-state index contributed by atoms with van der Waals surface area (Å²) in [6, 6.07) is 12.6. The largest absolute Gasteiger partial charge is 0.508 e. The third-order valence-corrected chi connectivity index (χ3v) is 3.20. The molecular formula is C17H13NO4. The smallest absolute Gasteiger partial charge is 0.303 e. The molecule has 22 heavy (non-hydrogen) atoms. The third-order valence-electron chi connectivity index (χ3n) is 3.20. The van der Waals surface area contributed by atoms with Crippen LogP contribution in [0.4, 0.5) is 0 Å². The van der Waals surface area contributed by atoms with Crippen LogP contribution in [-0.2, 0) is 11.2 Å². The molecule has 0 atom stereocenters. The van der Waals surface area contributed by atoms with E-state index in [9.17, 15) is 14.7 Å². The number of rotatable bonds is 5. The van der Waals surface area contributed by atoms with Gasteiger partial charge in [-0.3, -0.25) is 9.59 Å².